The first-order valence-electron chi connectivity index (χ1n) is 8.25. The van der Waals surface area contributed by atoms with Crippen LogP contribution in [0.25, 0.3) is 0 Å². The third-order valence-corrected chi connectivity index (χ3v) is 4.33. The third-order valence-electron chi connectivity index (χ3n) is 4.33. The molecule has 1 aromatic carbocycles. The van der Waals surface area contributed by atoms with E-state index in [1.165, 1.54) is 11.1 Å². The van der Waals surface area contributed by atoms with Crippen LogP contribution in [0, 0.1) is 6.92 Å². The minimum Gasteiger partial charge on any atom is -0.378 e. The Bertz CT molecular complexity index is 742. The van der Waals surface area contributed by atoms with Crippen molar-refractivity contribution >= 4 is 11.6 Å². The number of benzene rings is 1. The second-order valence-electron chi connectivity index (χ2n) is 6.07. The molecule has 2 aromatic rings. The van der Waals surface area contributed by atoms with E-state index in [1.54, 1.807) is 6.33 Å². The van der Waals surface area contributed by atoms with E-state index < -0.39 is 0 Å². The van der Waals surface area contributed by atoms with Crippen molar-refractivity contribution in [1.29, 1.82) is 0 Å². The molecule has 1 unspecified atom stereocenters. The van der Waals surface area contributed by atoms with E-state index in [-0.39, 0.29) is 6.04 Å². The van der Waals surface area contributed by atoms with E-state index in [0.29, 0.717) is 0 Å². The molecule has 24 heavy (non-hydrogen) atoms. The summed E-state index contributed by atoms with van der Waals surface area (Å²) in [6, 6.07) is 10.7. The second kappa shape index (κ2) is 6.59. The minimum atomic E-state index is 0.159. The Morgan fingerprint density at radius 2 is 1.96 bits per heavy atom. The maximum atomic E-state index is 5.40. The largest absolute Gasteiger partial charge is 0.378 e. The van der Waals surface area contributed by atoms with Crippen molar-refractivity contribution in [3.63, 3.8) is 0 Å². The molecule has 1 saturated heterocycles. The zero-order chi connectivity index (χ0) is 16.4. The molecule has 6 nitrogen and oxygen atoms in total. The van der Waals surface area contributed by atoms with E-state index in [2.05, 4.69) is 57.6 Å². The monoisotopic (exact) mass is 323 g/mol. The zero-order valence-corrected chi connectivity index (χ0v) is 13.7. The lowest BCUT2D eigenvalue weighted by molar-refractivity contribution is 0.122. The van der Waals surface area contributed by atoms with Crippen LogP contribution in [0.1, 0.15) is 17.2 Å². The lowest BCUT2D eigenvalue weighted by Gasteiger charge is -2.28. The van der Waals surface area contributed by atoms with Gasteiger partial charge in [0.2, 0.25) is 0 Å². The van der Waals surface area contributed by atoms with Crippen LogP contribution in [0.2, 0.25) is 0 Å². The Balaban J connectivity index is 1.50. The quantitative estimate of drug-likeness (QED) is 0.934. The van der Waals surface area contributed by atoms with Gasteiger partial charge in [-0.2, -0.15) is 0 Å². The number of aromatic nitrogens is 2. The molecular formula is C18H21N5O. The first-order chi connectivity index (χ1) is 11.8. The molecule has 3 heterocycles. The Morgan fingerprint density at radius 3 is 2.79 bits per heavy atom. The molecular weight excluding hydrogens is 302 g/mol. The summed E-state index contributed by atoms with van der Waals surface area (Å²) in [5.41, 5.74) is 5.98. The standard InChI is InChI=1S/C18H21N5O/c1-14-3-2-4-15(11-14)16-5-6-23(21-16)18-12-17(19-13-20-18)22-7-9-24-10-8-22/h2-6,11-13,16,21H,7-10H2,1H3. The number of hydrogen-bond donors (Lipinski definition) is 1. The fourth-order valence-corrected chi connectivity index (χ4v) is 3.03. The summed E-state index contributed by atoms with van der Waals surface area (Å²) in [6.45, 7) is 5.34. The molecule has 0 radical (unpaired) electrons. The summed E-state index contributed by atoms with van der Waals surface area (Å²) in [5.74, 6) is 1.79. The van der Waals surface area contributed by atoms with Crippen molar-refractivity contribution in [2.45, 2.75) is 13.0 Å². The molecule has 1 N–H and O–H groups in total. The molecule has 1 aromatic heterocycles. The van der Waals surface area contributed by atoms with Crippen LogP contribution in [0.4, 0.5) is 11.6 Å². The molecule has 0 saturated carbocycles. The van der Waals surface area contributed by atoms with Gasteiger partial charge >= 0.3 is 0 Å². The summed E-state index contributed by atoms with van der Waals surface area (Å²) in [7, 11) is 0. The number of nitrogens with one attached hydrogen (secondary N) is 1. The molecule has 1 fully saturated rings. The lowest BCUT2D eigenvalue weighted by Crippen LogP contribution is -2.37. The normalized spacial score (nSPS) is 20.6. The predicted octanol–water partition coefficient (Wildman–Crippen LogP) is 2.20. The number of aryl methyl sites for hydroxylation is 1. The first-order valence-corrected chi connectivity index (χ1v) is 8.25. The van der Waals surface area contributed by atoms with Gasteiger partial charge in [-0.05, 0) is 18.6 Å². The molecule has 0 bridgehead atoms. The molecule has 2 aliphatic heterocycles. The topological polar surface area (TPSA) is 53.5 Å². The highest BCUT2D eigenvalue weighted by molar-refractivity contribution is 5.52. The highest BCUT2D eigenvalue weighted by Crippen LogP contribution is 2.25. The highest BCUT2D eigenvalue weighted by Gasteiger charge is 2.20. The fourth-order valence-electron chi connectivity index (χ4n) is 3.03. The Labute approximate surface area is 141 Å². The Hall–Kier alpha value is -2.44. The molecule has 0 aliphatic carbocycles. The van der Waals surface area contributed by atoms with Crippen molar-refractivity contribution in [3.05, 3.63) is 60.1 Å². The average Bonchev–Trinajstić information content (AvgIpc) is 3.13. The number of nitrogens with zero attached hydrogens (tertiary/aromatic N) is 4. The van der Waals surface area contributed by atoms with Crippen LogP contribution in [0.5, 0.6) is 0 Å². The number of ether oxygens (including phenoxy) is 1. The van der Waals surface area contributed by atoms with E-state index >= 15 is 0 Å². The Kier molecular flexibility index (Phi) is 4.15. The van der Waals surface area contributed by atoms with Crippen LogP contribution >= 0.6 is 0 Å². The third kappa shape index (κ3) is 3.11. The van der Waals surface area contributed by atoms with Gasteiger partial charge in [0.25, 0.3) is 0 Å². The van der Waals surface area contributed by atoms with Gasteiger partial charge < -0.3 is 9.64 Å². The van der Waals surface area contributed by atoms with Crippen molar-refractivity contribution in [3.8, 4) is 0 Å². The fraction of sp³-hybridized carbons (Fsp3) is 0.333. The summed E-state index contributed by atoms with van der Waals surface area (Å²) in [6.07, 6.45) is 5.79. The van der Waals surface area contributed by atoms with Crippen LogP contribution in [-0.4, -0.2) is 36.3 Å². The zero-order valence-electron chi connectivity index (χ0n) is 13.7. The highest BCUT2D eigenvalue weighted by atomic mass is 16.5. The molecule has 1 atom stereocenters. The van der Waals surface area contributed by atoms with E-state index in [0.717, 1.165) is 37.9 Å². The van der Waals surface area contributed by atoms with Crippen LogP contribution in [0.15, 0.2) is 48.9 Å². The molecule has 6 heteroatoms. The Morgan fingerprint density at radius 1 is 1.12 bits per heavy atom. The van der Waals surface area contributed by atoms with Crippen LogP contribution in [-0.2, 0) is 4.74 Å². The summed E-state index contributed by atoms with van der Waals surface area (Å²) in [4.78, 5) is 11.0. The van der Waals surface area contributed by atoms with E-state index in [9.17, 15) is 0 Å². The van der Waals surface area contributed by atoms with Crippen molar-refractivity contribution in [2.24, 2.45) is 0 Å². The molecule has 2 aliphatic rings. The number of hydrazine groups is 1. The van der Waals surface area contributed by atoms with Crippen molar-refractivity contribution in [2.75, 3.05) is 36.2 Å². The lowest BCUT2D eigenvalue weighted by atomic mass is 10.1. The number of rotatable bonds is 3. The van der Waals surface area contributed by atoms with Gasteiger partial charge in [0.15, 0.2) is 5.82 Å². The van der Waals surface area contributed by atoms with Gasteiger partial charge in [-0.15, -0.1) is 0 Å². The molecule has 0 spiro atoms. The van der Waals surface area contributed by atoms with Gasteiger partial charge in [0.1, 0.15) is 12.1 Å². The summed E-state index contributed by atoms with van der Waals surface area (Å²) in [5, 5.41) is 1.96. The maximum absolute atomic E-state index is 5.40. The number of anilines is 2. The minimum absolute atomic E-state index is 0.159. The second-order valence-corrected chi connectivity index (χ2v) is 6.07. The first kappa shape index (κ1) is 15.1. The van der Waals surface area contributed by atoms with Gasteiger partial charge in [-0.25, -0.2) is 15.4 Å². The molecule has 4 rings (SSSR count). The van der Waals surface area contributed by atoms with Gasteiger partial charge in [-0.1, -0.05) is 29.8 Å². The molecule has 0 amide bonds. The van der Waals surface area contributed by atoms with Crippen LogP contribution < -0.4 is 15.3 Å². The van der Waals surface area contributed by atoms with Crippen molar-refractivity contribution < 1.29 is 4.74 Å². The SMILES string of the molecule is Cc1cccc(C2C=CN(c3cc(N4CCOCC4)ncn3)N2)c1. The number of morpholine rings is 1. The van der Waals surface area contributed by atoms with Crippen LogP contribution in [0.3, 0.4) is 0 Å². The van der Waals surface area contributed by atoms with E-state index in [4.69, 9.17) is 4.74 Å². The van der Waals surface area contributed by atoms with Crippen molar-refractivity contribution in [1.82, 2.24) is 15.4 Å². The summed E-state index contributed by atoms with van der Waals surface area (Å²) < 4.78 is 5.40. The van der Waals surface area contributed by atoms with Gasteiger partial charge in [0, 0.05) is 25.4 Å². The molecule has 124 valence electrons. The van der Waals surface area contributed by atoms with Gasteiger partial charge in [0.05, 0.1) is 19.3 Å². The predicted molar refractivity (Wildman–Crippen MR) is 93.7 cm³/mol. The van der Waals surface area contributed by atoms with E-state index in [1.807, 2.05) is 17.3 Å². The van der Waals surface area contributed by atoms with Gasteiger partial charge in [-0.3, -0.25) is 5.01 Å². The maximum Gasteiger partial charge on any atom is 0.152 e. The number of hydrogen-bond acceptors (Lipinski definition) is 6. The smallest absolute Gasteiger partial charge is 0.152 e. The average molecular weight is 323 g/mol. The summed E-state index contributed by atoms with van der Waals surface area (Å²) >= 11 is 0.